The van der Waals surface area contributed by atoms with Crippen molar-refractivity contribution >= 4 is 5.97 Å². The predicted molar refractivity (Wildman–Crippen MR) is 90.4 cm³/mol. The number of ether oxygens (including phenoxy) is 2. The second kappa shape index (κ2) is 7.67. The lowest BCUT2D eigenvalue weighted by atomic mass is 10.2. The highest BCUT2D eigenvalue weighted by atomic mass is 19.4. The van der Waals surface area contributed by atoms with Gasteiger partial charge < -0.3 is 13.9 Å². The maximum absolute atomic E-state index is 12.4. The largest absolute Gasteiger partial charge is 0.491 e. The van der Waals surface area contributed by atoms with Crippen LogP contribution in [-0.2, 0) is 4.79 Å². The summed E-state index contributed by atoms with van der Waals surface area (Å²) in [5.74, 6) is -2.33. The number of rotatable bonds is 5. The molecule has 146 valence electrons. The molecule has 0 aliphatic heterocycles. The zero-order chi connectivity index (χ0) is 20.3. The smallest absolute Gasteiger partial charge is 0.491 e. The van der Waals surface area contributed by atoms with E-state index in [-0.39, 0.29) is 23.4 Å². The monoisotopic (exact) mass is 393 g/mol. The molecule has 10 heteroatoms. The van der Waals surface area contributed by atoms with Crippen molar-refractivity contribution in [3.05, 3.63) is 42.6 Å². The third-order valence-corrected chi connectivity index (χ3v) is 3.32. The SMILES string of the molecule is CC(C)Oc1ccc(-c2nnc(-c3cccnc3OC(=O)C(F)(F)F)o2)cc1. The summed E-state index contributed by atoms with van der Waals surface area (Å²) in [7, 11) is 0. The number of carbonyl (C=O) groups excluding carboxylic acids is 1. The van der Waals surface area contributed by atoms with Crippen LogP contribution < -0.4 is 9.47 Å². The maximum atomic E-state index is 12.4. The molecule has 0 fully saturated rings. The van der Waals surface area contributed by atoms with E-state index >= 15 is 0 Å². The summed E-state index contributed by atoms with van der Waals surface area (Å²) in [6.45, 7) is 3.80. The van der Waals surface area contributed by atoms with Crippen LogP contribution in [0.1, 0.15) is 13.8 Å². The average molecular weight is 393 g/mol. The molecular formula is C18H14F3N3O4. The fourth-order valence-corrected chi connectivity index (χ4v) is 2.18. The minimum atomic E-state index is -5.16. The molecule has 0 spiro atoms. The van der Waals surface area contributed by atoms with E-state index in [1.165, 1.54) is 18.3 Å². The van der Waals surface area contributed by atoms with Crippen molar-refractivity contribution < 1.29 is 31.9 Å². The molecule has 0 unspecified atom stereocenters. The zero-order valence-electron chi connectivity index (χ0n) is 14.7. The van der Waals surface area contributed by atoms with Gasteiger partial charge in [0.2, 0.25) is 11.8 Å². The van der Waals surface area contributed by atoms with Gasteiger partial charge in [0.25, 0.3) is 5.89 Å². The lowest BCUT2D eigenvalue weighted by molar-refractivity contribution is -0.189. The van der Waals surface area contributed by atoms with Crippen LogP contribution in [0, 0.1) is 0 Å². The van der Waals surface area contributed by atoms with Crippen molar-refractivity contribution in [1.82, 2.24) is 15.2 Å². The summed E-state index contributed by atoms with van der Waals surface area (Å²) in [6.07, 6.45) is -3.97. The first-order valence-electron chi connectivity index (χ1n) is 8.09. The topological polar surface area (TPSA) is 87.3 Å². The van der Waals surface area contributed by atoms with E-state index < -0.39 is 18.0 Å². The third kappa shape index (κ3) is 4.45. The molecule has 3 aromatic rings. The van der Waals surface area contributed by atoms with Crippen molar-refractivity contribution in [2.75, 3.05) is 0 Å². The van der Waals surface area contributed by atoms with E-state index in [1.807, 2.05) is 13.8 Å². The fraction of sp³-hybridized carbons (Fsp3) is 0.222. The predicted octanol–water partition coefficient (Wildman–Crippen LogP) is 4.05. The number of hydrogen-bond donors (Lipinski definition) is 0. The first kappa shape index (κ1) is 19.3. The summed E-state index contributed by atoms with van der Waals surface area (Å²) in [4.78, 5) is 14.7. The van der Waals surface area contributed by atoms with Crippen molar-refractivity contribution in [3.63, 3.8) is 0 Å². The molecule has 1 aromatic carbocycles. The molecule has 28 heavy (non-hydrogen) atoms. The highest BCUT2D eigenvalue weighted by Gasteiger charge is 2.42. The van der Waals surface area contributed by atoms with E-state index in [4.69, 9.17) is 9.15 Å². The molecule has 0 bridgehead atoms. The molecule has 0 aliphatic carbocycles. The first-order chi connectivity index (χ1) is 13.2. The molecule has 0 amide bonds. The van der Waals surface area contributed by atoms with Gasteiger partial charge in [-0.1, -0.05) is 0 Å². The molecule has 3 rings (SSSR count). The highest BCUT2D eigenvalue weighted by molar-refractivity contribution is 5.79. The second-order valence-electron chi connectivity index (χ2n) is 5.85. The van der Waals surface area contributed by atoms with Gasteiger partial charge >= 0.3 is 12.1 Å². The number of pyridine rings is 1. The van der Waals surface area contributed by atoms with Crippen LogP contribution in [0.15, 0.2) is 47.0 Å². The molecule has 0 saturated carbocycles. The summed E-state index contributed by atoms with van der Waals surface area (Å²) >= 11 is 0. The van der Waals surface area contributed by atoms with Gasteiger partial charge in [0.15, 0.2) is 0 Å². The number of esters is 1. The quantitative estimate of drug-likeness (QED) is 0.604. The van der Waals surface area contributed by atoms with E-state index in [0.29, 0.717) is 11.3 Å². The number of carbonyl (C=O) groups is 1. The van der Waals surface area contributed by atoms with Crippen LogP contribution >= 0.6 is 0 Å². The Hall–Kier alpha value is -3.43. The van der Waals surface area contributed by atoms with Gasteiger partial charge in [-0.15, -0.1) is 10.2 Å². The van der Waals surface area contributed by atoms with Crippen LogP contribution in [-0.4, -0.2) is 33.4 Å². The Balaban J connectivity index is 1.85. The molecule has 0 radical (unpaired) electrons. The van der Waals surface area contributed by atoms with Gasteiger partial charge in [-0.25, -0.2) is 9.78 Å². The third-order valence-electron chi connectivity index (χ3n) is 3.32. The van der Waals surface area contributed by atoms with Crippen molar-refractivity contribution in [2.45, 2.75) is 26.1 Å². The molecule has 0 atom stereocenters. The Morgan fingerprint density at radius 1 is 1.07 bits per heavy atom. The Morgan fingerprint density at radius 3 is 2.39 bits per heavy atom. The number of aromatic nitrogens is 3. The Kier molecular flexibility index (Phi) is 5.30. The molecule has 7 nitrogen and oxygen atoms in total. The van der Waals surface area contributed by atoms with Crippen LogP contribution in [0.4, 0.5) is 13.2 Å². The van der Waals surface area contributed by atoms with E-state index in [1.54, 1.807) is 24.3 Å². The number of halogens is 3. The van der Waals surface area contributed by atoms with Crippen molar-refractivity contribution in [1.29, 1.82) is 0 Å². The Morgan fingerprint density at radius 2 is 1.75 bits per heavy atom. The fourth-order valence-electron chi connectivity index (χ4n) is 2.18. The molecule has 2 heterocycles. The number of benzene rings is 1. The highest BCUT2D eigenvalue weighted by Crippen LogP contribution is 2.31. The van der Waals surface area contributed by atoms with Crippen LogP contribution in [0.2, 0.25) is 0 Å². The number of hydrogen-bond acceptors (Lipinski definition) is 7. The maximum Gasteiger partial charge on any atom is 0.491 e. The van der Waals surface area contributed by atoms with E-state index in [9.17, 15) is 18.0 Å². The number of nitrogens with zero attached hydrogens (tertiary/aromatic N) is 3. The van der Waals surface area contributed by atoms with Crippen LogP contribution in [0.3, 0.4) is 0 Å². The van der Waals surface area contributed by atoms with Gasteiger partial charge in [-0.2, -0.15) is 13.2 Å². The van der Waals surface area contributed by atoms with Gasteiger partial charge in [0.1, 0.15) is 11.3 Å². The second-order valence-corrected chi connectivity index (χ2v) is 5.85. The summed E-state index contributed by atoms with van der Waals surface area (Å²) < 4.78 is 52.7. The minimum absolute atomic E-state index is 0.0178. The lowest BCUT2D eigenvalue weighted by Crippen LogP contribution is -2.28. The summed E-state index contributed by atoms with van der Waals surface area (Å²) in [5, 5.41) is 7.68. The van der Waals surface area contributed by atoms with E-state index in [0.717, 1.165) is 0 Å². The van der Waals surface area contributed by atoms with Gasteiger partial charge in [0, 0.05) is 11.8 Å². The van der Waals surface area contributed by atoms with Crippen molar-refractivity contribution in [2.24, 2.45) is 0 Å². The molecule has 2 aromatic heterocycles. The summed E-state index contributed by atoms with van der Waals surface area (Å²) in [5.41, 5.74) is 0.534. The minimum Gasteiger partial charge on any atom is -0.491 e. The van der Waals surface area contributed by atoms with Gasteiger partial charge in [0.05, 0.1) is 6.10 Å². The lowest BCUT2D eigenvalue weighted by Gasteiger charge is -2.09. The molecule has 0 aliphatic rings. The van der Waals surface area contributed by atoms with Crippen molar-refractivity contribution in [3.8, 4) is 34.5 Å². The number of alkyl halides is 3. The Labute approximate surface area is 157 Å². The normalized spacial score (nSPS) is 11.5. The standard InChI is InChI=1S/C18H14F3N3O4/c1-10(2)26-12-7-5-11(6-8-12)14-23-24-16(27-14)13-4-3-9-22-15(13)28-17(25)18(19,20)21/h3-10H,1-2H3. The Bertz CT molecular complexity index is 969. The van der Waals surface area contributed by atoms with Crippen LogP contribution in [0.5, 0.6) is 11.6 Å². The molecule has 0 N–H and O–H groups in total. The van der Waals surface area contributed by atoms with E-state index in [2.05, 4.69) is 19.9 Å². The first-order valence-corrected chi connectivity index (χ1v) is 8.09. The van der Waals surface area contributed by atoms with Gasteiger partial charge in [-0.05, 0) is 50.2 Å². The molecular weight excluding hydrogens is 379 g/mol. The molecule has 0 saturated heterocycles. The average Bonchev–Trinajstić information content (AvgIpc) is 3.11. The summed E-state index contributed by atoms with van der Waals surface area (Å²) in [6, 6.07) is 9.62. The zero-order valence-corrected chi connectivity index (χ0v) is 14.7. The van der Waals surface area contributed by atoms with Gasteiger partial charge in [-0.3, -0.25) is 0 Å². The van der Waals surface area contributed by atoms with Crippen LogP contribution in [0.25, 0.3) is 22.9 Å².